The molecule has 0 spiro atoms. The molecular formula is C26H25Br2N3O5. The normalized spacial score (nSPS) is 10.7. The van der Waals surface area contributed by atoms with E-state index in [1.807, 2.05) is 32.0 Å². The molecule has 3 rings (SSSR count). The van der Waals surface area contributed by atoms with Crippen LogP contribution in [0.2, 0.25) is 0 Å². The zero-order chi connectivity index (χ0) is 26.1. The Morgan fingerprint density at radius 2 is 1.83 bits per heavy atom. The number of hydrazone groups is 1. The van der Waals surface area contributed by atoms with Crippen LogP contribution in [0.1, 0.15) is 28.4 Å². The number of hydrogen-bond acceptors (Lipinski definition) is 6. The minimum Gasteiger partial charge on any atom is -0.493 e. The van der Waals surface area contributed by atoms with E-state index in [2.05, 4.69) is 47.7 Å². The molecular weight excluding hydrogens is 594 g/mol. The third-order valence-electron chi connectivity index (χ3n) is 4.78. The highest BCUT2D eigenvalue weighted by atomic mass is 79.9. The first-order chi connectivity index (χ1) is 17.3. The molecule has 8 nitrogen and oxygen atoms in total. The van der Waals surface area contributed by atoms with Crippen LogP contribution in [0.25, 0.3) is 0 Å². The predicted octanol–water partition coefficient (Wildman–Crippen LogP) is 5.71. The first-order valence-electron chi connectivity index (χ1n) is 10.9. The van der Waals surface area contributed by atoms with Gasteiger partial charge in [0.1, 0.15) is 5.75 Å². The summed E-state index contributed by atoms with van der Waals surface area (Å²) in [6.07, 6.45) is 1.44. The fraction of sp³-hybridized carbons (Fsp3) is 0.192. The van der Waals surface area contributed by atoms with E-state index in [-0.39, 0.29) is 12.5 Å². The molecule has 2 N–H and O–H groups in total. The number of methoxy groups -OCH3 is 1. The number of benzene rings is 3. The lowest BCUT2D eigenvalue weighted by molar-refractivity contribution is -0.118. The molecule has 0 aliphatic carbocycles. The van der Waals surface area contributed by atoms with Crippen LogP contribution < -0.4 is 25.0 Å². The standard InChI is InChI=1S/C26H25Br2N3O5/c1-4-35-23-12-17(8-9-22(23)34-3)26(33)31-29-14-18-11-19(27)13-21(28)25(18)36-15-24(32)30-20-7-5-6-16(2)10-20/h5-14H,4,15H2,1-3H3,(H,30,32)(H,31,33)/b29-14+. The van der Waals surface area contributed by atoms with Gasteiger partial charge in [0.15, 0.2) is 18.1 Å². The number of amides is 2. The number of carbonyl (C=O) groups excluding carboxylic acids is 2. The number of anilines is 1. The molecule has 0 saturated carbocycles. The van der Waals surface area contributed by atoms with Gasteiger partial charge in [0, 0.05) is 21.3 Å². The number of ether oxygens (including phenoxy) is 3. The van der Waals surface area contributed by atoms with Crippen molar-refractivity contribution in [3.63, 3.8) is 0 Å². The van der Waals surface area contributed by atoms with Gasteiger partial charge in [-0.3, -0.25) is 9.59 Å². The number of nitrogens with zero attached hydrogens (tertiary/aromatic N) is 1. The number of nitrogens with one attached hydrogen (secondary N) is 2. The zero-order valence-corrected chi connectivity index (χ0v) is 23.1. The molecule has 36 heavy (non-hydrogen) atoms. The Labute approximate surface area is 226 Å². The summed E-state index contributed by atoms with van der Waals surface area (Å²) in [6, 6.07) is 15.9. The van der Waals surface area contributed by atoms with Crippen LogP contribution >= 0.6 is 31.9 Å². The van der Waals surface area contributed by atoms with Gasteiger partial charge in [-0.25, -0.2) is 5.43 Å². The Morgan fingerprint density at radius 1 is 1.03 bits per heavy atom. The molecule has 0 heterocycles. The van der Waals surface area contributed by atoms with Gasteiger partial charge in [0.25, 0.3) is 11.8 Å². The number of halogens is 2. The number of hydrogen-bond donors (Lipinski definition) is 2. The van der Waals surface area contributed by atoms with Crippen molar-refractivity contribution in [3.8, 4) is 17.2 Å². The predicted molar refractivity (Wildman–Crippen MR) is 146 cm³/mol. The maximum atomic E-state index is 12.6. The fourth-order valence-electron chi connectivity index (χ4n) is 3.20. The molecule has 0 unspecified atom stereocenters. The molecule has 3 aromatic carbocycles. The van der Waals surface area contributed by atoms with Crippen molar-refractivity contribution in [1.82, 2.24) is 5.43 Å². The van der Waals surface area contributed by atoms with Crippen molar-refractivity contribution in [2.75, 3.05) is 25.6 Å². The second-order valence-corrected chi connectivity index (χ2v) is 9.28. The summed E-state index contributed by atoms with van der Waals surface area (Å²) in [4.78, 5) is 25.0. The van der Waals surface area contributed by atoms with Gasteiger partial charge >= 0.3 is 0 Å². The van der Waals surface area contributed by atoms with Crippen LogP contribution in [0.4, 0.5) is 5.69 Å². The van der Waals surface area contributed by atoms with Gasteiger partial charge in [-0.2, -0.15) is 5.10 Å². The zero-order valence-electron chi connectivity index (χ0n) is 19.9. The van der Waals surface area contributed by atoms with E-state index in [9.17, 15) is 9.59 Å². The summed E-state index contributed by atoms with van der Waals surface area (Å²) in [5.41, 5.74) is 5.12. The Balaban J connectivity index is 1.69. The highest BCUT2D eigenvalue weighted by Gasteiger charge is 2.13. The molecule has 10 heteroatoms. The van der Waals surface area contributed by atoms with Crippen LogP contribution in [-0.2, 0) is 4.79 Å². The van der Waals surface area contributed by atoms with Crippen LogP contribution in [0.15, 0.2) is 68.6 Å². The molecule has 0 radical (unpaired) electrons. The number of carbonyl (C=O) groups is 2. The van der Waals surface area contributed by atoms with Crippen molar-refractivity contribution >= 4 is 55.6 Å². The largest absolute Gasteiger partial charge is 0.493 e. The van der Waals surface area contributed by atoms with Crippen LogP contribution in [0.5, 0.6) is 17.2 Å². The lowest BCUT2D eigenvalue weighted by Crippen LogP contribution is -2.21. The summed E-state index contributed by atoms with van der Waals surface area (Å²) < 4.78 is 17.9. The fourth-order valence-corrected chi connectivity index (χ4v) is 4.57. The van der Waals surface area contributed by atoms with Gasteiger partial charge in [0.05, 0.1) is 24.4 Å². The minimum atomic E-state index is -0.427. The van der Waals surface area contributed by atoms with Crippen LogP contribution in [0.3, 0.4) is 0 Å². The van der Waals surface area contributed by atoms with Crippen molar-refractivity contribution < 1.29 is 23.8 Å². The van der Waals surface area contributed by atoms with E-state index in [0.717, 1.165) is 10.0 Å². The van der Waals surface area contributed by atoms with Crippen molar-refractivity contribution in [2.24, 2.45) is 5.10 Å². The van der Waals surface area contributed by atoms with E-state index in [0.29, 0.717) is 45.1 Å². The molecule has 188 valence electrons. The van der Waals surface area contributed by atoms with Gasteiger partial charge < -0.3 is 19.5 Å². The lowest BCUT2D eigenvalue weighted by Gasteiger charge is -2.12. The van der Waals surface area contributed by atoms with Gasteiger partial charge in [-0.1, -0.05) is 28.1 Å². The summed E-state index contributed by atoms with van der Waals surface area (Å²) >= 11 is 6.89. The molecule has 0 bridgehead atoms. The average molecular weight is 619 g/mol. The molecule has 0 fully saturated rings. The highest BCUT2D eigenvalue weighted by Crippen LogP contribution is 2.32. The van der Waals surface area contributed by atoms with E-state index >= 15 is 0 Å². The van der Waals surface area contributed by atoms with Gasteiger partial charge in [0.2, 0.25) is 0 Å². The summed E-state index contributed by atoms with van der Waals surface area (Å²) in [5.74, 6) is 0.662. The molecule has 0 aromatic heterocycles. The first-order valence-corrected chi connectivity index (χ1v) is 12.5. The SMILES string of the molecule is CCOc1cc(C(=O)N/N=C/c2cc(Br)cc(Br)c2OCC(=O)Nc2cccc(C)c2)ccc1OC. The van der Waals surface area contributed by atoms with Crippen LogP contribution in [0, 0.1) is 6.92 Å². The quantitative estimate of drug-likeness (QED) is 0.224. The first kappa shape index (κ1) is 27.2. The molecule has 0 aliphatic rings. The van der Waals surface area contributed by atoms with Crippen molar-refractivity contribution in [1.29, 1.82) is 0 Å². The second-order valence-electron chi connectivity index (χ2n) is 7.51. The molecule has 0 saturated heterocycles. The third kappa shape index (κ3) is 7.56. The van der Waals surface area contributed by atoms with E-state index in [4.69, 9.17) is 14.2 Å². The maximum absolute atomic E-state index is 12.6. The lowest BCUT2D eigenvalue weighted by atomic mass is 10.2. The summed E-state index contributed by atoms with van der Waals surface area (Å²) in [7, 11) is 1.53. The van der Waals surface area contributed by atoms with E-state index < -0.39 is 5.91 Å². The third-order valence-corrected chi connectivity index (χ3v) is 5.83. The van der Waals surface area contributed by atoms with E-state index in [1.165, 1.54) is 13.3 Å². The van der Waals surface area contributed by atoms with Crippen molar-refractivity contribution in [2.45, 2.75) is 13.8 Å². The second kappa shape index (κ2) is 13.1. The average Bonchev–Trinajstić information content (AvgIpc) is 2.83. The smallest absolute Gasteiger partial charge is 0.271 e. The summed E-state index contributed by atoms with van der Waals surface area (Å²) in [6.45, 7) is 4.01. The molecule has 2 amide bonds. The van der Waals surface area contributed by atoms with Gasteiger partial charge in [-0.05, 0) is 77.8 Å². The monoisotopic (exact) mass is 617 g/mol. The number of aryl methyl sites for hydroxylation is 1. The molecule has 3 aromatic rings. The Hall–Kier alpha value is -3.37. The highest BCUT2D eigenvalue weighted by molar-refractivity contribution is 9.11. The van der Waals surface area contributed by atoms with Crippen molar-refractivity contribution in [3.05, 3.63) is 80.2 Å². The van der Waals surface area contributed by atoms with E-state index in [1.54, 1.807) is 36.4 Å². The number of rotatable bonds is 10. The molecule has 0 atom stereocenters. The summed E-state index contributed by atoms with van der Waals surface area (Å²) in [5, 5.41) is 6.87. The minimum absolute atomic E-state index is 0.215. The Bertz CT molecular complexity index is 1280. The Morgan fingerprint density at radius 3 is 2.56 bits per heavy atom. The van der Waals surface area contributed by atoms with Gasteiger partial charge in [-0.15, -0.1) is 0 Å². The van der Waals surface area contributed by atoms with Crippen LogP contribution in [-0.4, -0.2) is 38.4 Å². The Kier molecular flexibility index (Phi) is 9.89. The topological polar surface area (TPSA) is 98.3 Å². The molecule has 0 aliphatic heterocycles. The maximum Gasteiger partial charge on any atom is 0.271 e.